The van der Waals surface area contributed by atoms with E-state index in [4.69, 9.17) is 16.3 Å². The van der Waals surface area contributed by atoms with Gasteiger partial charge < -0.3 is 14.7 Å². The maximum Gasteiger partial charge on any atom is 0.275 e. The van der Waals surface area contributed by atoms with Crippen LogP contribution in [0, 0.1) is 11.8 Å². The highest BCUT2D eigenvalue weighted by Gasteiger charge is 2.44. The molecular formula is C22H22ClN3O3. The Hall–Kier alpha value is -2.57. The van der Waals surface area contributed by atoms with Gasteiger partial charge in [-0.05, 0) is 48.9 Å². The number of ether oxygens (including phenoxy) is 1. The number of carbonyl (C=O) groups excluding carboxylic acids is 1. The van der Waals surface area contributed by atoms with Crippen LogP contribution >= 0.6 is 11.6 Å². The zero-order chi connectivity index (χ0) is 20.0. The number of hydrogen-bond acceptors (Lipinski definition) is 4. The summed E-state index contributed by atoms with van der Waals surface area (Å²) in [6, 6.07) is 14.9. The Morgan fingerprint density at radius 2 is 1.93 bits per heavy atom. The number of halogens is 1. The third kappa shape index (κ3) is 3.47. The van der Waals surface area contributed by atoms with E-state index >= 15 is 0 Å². The molecule has 0 spiro atoms. The standard InChI is InChI=1S/C22H22ClN3O3/c23-15-4-3-5-16(10-15)29-20-9-14-12-26(11-13(14)8-19(20)27)22(28)21-17-6-1-2-7-18(17)24-25-21/h1-7,10,13-14,19-20,27H,8-9,11-12H2,(H,24,25)/t13-,14+,19+,20+/m0/s1. The molecule has 2 fully saturated rings. The number of fused-ring (bicyclic) bond motifs is 2. The summed E-state index contributed by atoms with van der Waals surface area (Å²) >= 11 is 6.04. The average Bonchev–Trinajstić information content (AvgIpc) is 3.32. The first-order valence-electron chi connectivity index (χ1n) is 9.91. The number of H-pyrrole nitrogens is 1. The van der Waals surface area contributed by atoms with Crippen molar-refractivity contribution < 1.29 is 14.6 Å². The van der Waals surface area contributed by atoms with Crippen molar-refractivity contribution in [1.82, 2.24) is 15.1 Å². The summed E-state index contributed by atoms with van der Waals surface area (Å²) in [5, 5.41) is 19.2. The van der Waals surface area contributed by atoms with Gasteiger partial charge in [-0.1, -0.05) is 35.9 Å². The topological polar surface area (TPSA) is 78.5 Å². The fourth-order valence-corrected chi connectivity index (χ4v) is 4.85. The quantitative estimate of drug-likeness (QED) is 0.691. The van der Waals surface area contributed by atoms with E-state index in [1.54, 1.807) is 12.1 Å². The Kier molecular flexibility index (Phi) is 4.68. The maximum absolute atomic E-state index is 13.1. The van der Waals surface area contributed by atoms with Crippen molar-refractivity contribution in [2.75, 3.05) is 13.1 Å². The Balaban J connectivity index is 1.30. The number of aliphatic hydroxyl groups is 1. The van der Waals surface area contributed by atoms with E-state index < -0.39 is 6.10 Å². The second-order valence-electron chi connectivity index (χ2n) is 8.00. The van der Waals surface area contributed by atoms with Crippen LogP contribution in [0.2, 0.25) is 5.02 Å². The molecule has 4 atom stereocenters. The SMILES string of the molecule is O=C(c1n[nH]c2ccccc12)N1C[C@H]2C[C@@H](Oc3cccc(Cl)c3)[C@H](O)C[C@H]2C1. The molecule has 150 valence electrons. The van der Waals surface area contributed by atoms with E-state index in [1.165, 1.54) is 0 Å². The lowest BCUT2D eigenvalue weighted by atomic mass is 9.78. The van der Waals surface area contributed by atoms with E-state index in [9.17, 15) is 9.90 Å². The molecule has 7 heteroatoms. The van der Waals surface area contributed by atoms with Crippen LogP contribution in [-0.4, -0.2) is 51.4 Å². The number of hydrogen-bond donors (Lipinski definition) is 2. The molecule has 0 bridgehead atoms. The summed E-state index contributed by atoms with van der Waals surface area (Å²) in [6.45, 7) is 1.30. The van der Waals surface area contributed by atoms with Gasteiger partial charge in [0, 0.05) is 23.5 Å². The average molecular weight is 412 g/mol. The highest BCUT2D eigenvalue weighted by Crippen LogP contribution is 2.39. The molecule has 0 unspecified atom stereocenters. The smallest absolute Gasteiger partial charge is 0.275 e. The highest BCUT2D eigenvalue weighted by molar-refractivity contribution is 6.30. The number of aromatic nitrogens is 2. The Morgan fingerprint density at radius 3 is 2.76 bits per heavy atom. The first kappa shape index (κ1) is 18.5. The molecule has 2 N–H and O–H groups in total. The van der Waals surface area contributed by atoms with Gasteiger partial charge in [-0.2, -0.15) is 5.10 Å². The van der Waals surface area contributed by atoms with Crippen molar-refractivity contribution >= 4 is 28.4 Å². The maximum atomic E-state index is 13.1. The molecule has 1 aliphatic carbocycles. The fourth-order valence-electron chi connectivity index (χ4n) is 4.67. The Labute approximate surface area is 173 Å². The molecule has 2 heterocycles. The third-order valence-electron chi connectivity index (χ3n) is 6.13. The van der Waals surface area contributed by atoms with Gasteiger partial charge in [0.05, 0.1) is 11.6 Å². The molecule has 1 saturated heterocycles. The van der Waals surface area contributed by atoms with Crippen molar-refractivity contribution in [2.24, 2.45) is 11.8 Å². The number of likely N-dealkylation sites (tertiary alicyclic amines) is 1. The lowest BCUT2D eigenvalue weighted by Crippen LogP contribution is -2.42. The molecule has 5 rings (SSSR count). The minimum absolute atomic E-state index is 0.0568. The first-order valence-corrected chi connectivity index (χ1v) is 10.3. The first-order chi connectivity index (χ1) is 14.1. The normalized spacial score (nSPS) is 26.5. The van der Waals surface area contributed by atoms with Crippen molar-refractivity contribution in [3.63, 3.8) is 0 Å². The number of carbonyl (C=O) groups is 1. The Bertz CT molecular complexity index is 1050. The number of aromatic amines is 1. The zero-order valence-corrected chi connectivity index (χ0v) is 16.5. The fraction of sp³-hybridized carbons (Fsp3) is 0.364. The van der Waals surface area contributed by atoms with Crippen LogP contribution in [0.5, 0.6) is 5.75 Å². The van der Waals surface area contributed by atoms with Crippen LogP contribution in [0.3, 0.4) is 0 Å². The molecular weight excluding hydrogens is 390 g/mol. The lowest BCUT2D eigenvalue weighted by Gasteiger charge is -2.35. The summed E-state index contributed by atoms with van der Waals surface area (Å²) in [7, 11) is 0. The van der Waals surface area contributed by atoms with Crippen molar-refractivity contribution in [3.8, 4) is 5.75 Å². The molecule has 29 heavy (non-hydrogen) atoms. The van der Waals surface area contributed by atoms with E-state index in [-0.39, 0.29) is 17.9 Å². The summed E-state index contributed by atoms with van der Waals surface area (Å²) in [5.41, 5.74) is 1.32. The third-order valence-corrected chi connectivity index (χ3v) is 6.36. The van der Waals surface area contributed by atoms with Crippen LogP contribution in [0.25, 0.3) is 10.9 Å². The van der Waals surface area contributed by atoms with Crippen LogP contribution in [0.1, 0.15) is 23.3 Å². The van der Waals surface area contributed by atoms with E-state index in [2.05, 4.69) is 10.2 Å². The van der Waals surface area contributed by atoms with Gasteiger partial charge in [0.15, 0.2) is 5.69 Å². The lowest BCUT2D eigenvalue weighted by molar-refractivity contribution is -0.0231. The van der Waals surface area contributed by atoms with Crippen LogP contribution < -0.4 is 4.74 Å². The Morgan fingerprint density at radius 1 is 1.14 bits per heavy atom. The predicted molar refractivity (Wildman–Crippen MR) is 110 cm³/mol. The summed E-state index contributed by atoms with van der Waals surface area (Å²) in [5.74, 6) is 1.18. The molecule has 1 aliphatic heterocycles. The van der Waals surface area contributed by atoms with Crippen molar-refractivity contribution in [2.45, 2.75) is 25.0 Å². The van der Waals surface area contributed by atoms with Crippen LogP contribution in [-0.2, 0) is 0 Å². The van der Waals surface area contributed by atoms with Crippen molar-refractivity contribution in [1.29, 1.82) is 0 Å². The van der Waals surface area contributed by atoms with Gasteiger partial charge in [-0.15, -0.1) is 0 Å². The molecule has 2 aliphatic rings. The van der Waals surface area contributed by atoms with E-state index in [0.717, 1.165) is 10.9 Å². The van der Waals surface area contributed by atoms with E-state index in [1.807, 2.05) is 41.3 Å². The molecule has 1 saturated carbocycles. The highest BCUT2D eigenvalue weighted by atomic mass is 35.5. The predicted octanol–water partition coefficient (Wildman–Crippen LogP) is 3.51. The minimum atomic E-state index is -0.559. The number of nitrogens with zero attached hydrogens (tertiary/aromatic N) is 2. The molecule has 6 nitrogen and oxygen atoms in total. The van der Waals surface area contributed by atoms with Gasteiger partial charge in [0.2, 0.25) is 0 Å². The number of aliphatic hydroxyl groups excluding tert-OH is 1. The number of amides is 1. The van der Waals surface area contributed by atoms with Crippen LogP contribution in [0.15, 0.2) is 48.5 Å². The minimum Gasteiger partial charge on any atom is -0.488 e. The van der Waals surface area contributed by atoms with Gasteiger partial charge in [0.1, 0.15) is 11.9 Å². The van der Waals surface area contributed by atoms with Crippen LogP contribution in [0.4, 0.5) is 0 Å². The number of para-hydroxylation sites is 1. The molecule has 2 aromatic carbocycles. The zero-order valence-electron chi connectivity index (χ0n) is 15.8. The molecule has 1 aromatic heterocycles. The monoisotopic (exact) mass is 411 g/mol. The molecule has 1 amide bonds. The van der Waals surface area contributed by atoms with Gasteiger partial charge in [-0.3, -0.25) is 9.89 Å². The second kappa shape index (κ2) is 7.35. The molecule has 0 radical (unpaired) electrons. The second-order valence-corrected chi connectivity index (χ2v) is 8.44. The summed E-state index contributed by atoms with van der Waals surface area (Å²) in [4.78, 5) is 15.0. The van der Waals surface area contributed by atoms with Gasteiger partial charge in [0.25, 0.3) is 5.91 Å². The molecule has 3 aromatic rings. The van der Waals surface area contributed by atoms with Gasteiger partial charge >= 0.3 is 0 Å². The largest absolute Gasteiger partial charge is 0.488 e. The van der Waals surface area contributed by atoms with Gasteiger partial charge in [-0.25, -0.2) is 0 Å². The van der Waals surface area contributed by atoms with Crippen molar-refractivity contribution in [3.05, 3.63) is 59.2 Å². The van der Waals surface area contributed by atoms with E-state index in [0.29, 0.717) is 48.3 Å². The summed E-state index contributed by atoms with van der Waals surface area (Å²) < 4.78 is 6.03. The number of rotatable bonds is 3. The number of benzene rings is 2. The summed E-state index contributed by atoms with van der Waals surface area (Å²) in [6.07, 6.45) is 0.484. The number of nitrogens with one attached hydrogen (secondary N) is 1.